The normalized spacial score (nSPS) is 14.2. The van der Waals surface area contributed by atoms with Crippen LogP contribution in [0.1, 0.15) is 232 Å². The van der Waals surface area contributed by atoms with Crippen LogP contribution in [-0.2, 0) is 32.7 Å². The Morgan fingerprint density at radius 2 is 0.675 bits per heavy atom. The molecule has 0 radical (unpaired) electrons. The first-order valence-electron chi connectivity index (χ1n) is 31.6. The van der Waals surface area contributed by atoms with Crippen molar-refractivity contribution >= 4 is 19.8 Å². The van der Waals surface area contributed by atoms with Crippen molar-refractivity contribution in [2.45, 2.75) is 238 Å². The average Bonchev–Trinajstić information content (AvgIpc) is 3.42. The zero-order valence-corrected chi connectivity index (χ0v) is 52.4. The number of hydrogen-bond donors (Lipinski definition) is 1. The molecule has 0 aliphatic rings. The van der Waals surface area contributed by atoms with Gasteiger partial charge in [-0.15, -0.1) is 0 Å². The van der Waals surface area contributed by atoms with E-state index in [9.17, 15) is 19.0 Å². The lowest BCUT2D eigenvalue weighted by Gasteiger charge is -2.24. The number of unbranched alkanes of at least 4 members (excludes halogenated alkanes) is 18. The number of nitrogens with zero attached hydrogens (tertiary/aromatic N) is 1. The number of carbonyl (C=O) groups is 2. The molecule has 0 rings (SSSR count). The Morgan fingerprint density at radius 1 is 0.388 bits per heavy atom. The molecule has 80 heavy (non-hydrogen) atoms. The van der Waals surface area contributed by atoms with Crippen molar-refractivity contribution in [2.24, 2.45) is 0 Å². The molecule has 0 spiro atoms. The fourth-order valence-electron chi connectivity index (χ4n) is 8.08. The molecule has 10 heteroatoms. The van der Waals surface area contributed by atoms with E-state index < -0.39 is 32.5 Å². The first kappa shape index (κ1) is 75.9. The van der Waals surface area contributed by atoms with E-state index in [-0.39, 0.29) is 26.1 Å². The summed E-state index contributed by atoms with van der Waals surface area (Å²) in [6.07, 6.45) is 87.8. The Hall–Kier alpha value is -4.11. The van der Waals surface area contributed by atoms with Crippen molar-refractivity contribution < 1.29 is 42.1 Å². The standard InChI is InChI=1S/C70H116NO8P/c1-6-8-10-12-14-16-18-20-22-24-26-28-30-31-32-33-34-35-36-37-38-39-41-43-45-47-49-51-53-55-57-59-61-63-70(73)79-68(67-78-80(74,75)77-65-64-71(3,4)5)66-76-69(72)62-60-58-56-54-52-50-48-46-44-42-40-29-27-25-23-21-19-17-15-13-11-9-7-2/h8-11,14-17,20-23,26-29,31-32,34-35,42,44,48,50,68H,6-7,12-13,18-19,24-25,30,33,36-41,43,45-47,49,51-67H2,1-5H3/p+1/b10-8-,11-9-,16-14-,17-15-,22-20-,23-21-,28-26-,29-27-,32-31-,35-34-,44-42-,50-48-. The fourth-order valence-corrected chi connectivity index (χ4v) is 8.82. The van der Waals surface area contributed by atoms with Crippen molar-refractivity contribution in [1.29, 1.82) is 0 Å². The highest BCUT2D eigenvalue weighted by molar-refractivity contribution is 7.47. The van der Waals surface area contributed by atoms with Gasteiger partial charge in [-0.25, -0.2) is 4.57 Å². The minimum Gasteiger partial charge on any atom is -0.462 e. The molecule has 0 amide bonds. The zero-order valence-electron chi connectivity index (χ0n) is 51.5. The van der Waals surface area contributed by atoms with Crippen LogP contribution in [0.3, 0.4) is 0 Å². The predicted octanol–water partition coefficient (Wildman–Crippen LogP) is 20.3. The zero-order chi connectivity index (χ0) is 58.4. The van der Waals surface area contributed by atoms with Gasteiger partial charge in [-0.2, -0.15) is 0 Å². The molecule has 454 valence electrons. The van der Waals surface area contributed by atoms with Crippen molar-refractivity contribution in [3.05, 3.63) is 146 Å². The van der Waals surface area contributed by atoms with Crippen LogP contribution in [0.5, 0.6) is 0 Å². The molecule has 2 atom stereocenters. The van der Waals surface area contributed by atoms with E-state index in [1.165, 1.54) is 70.6 Å². The third-order valence-corrected chi connectivity index (χ3v) is 13.8. The Kier molecular flexibility index (Phi) is 56.5. The molecule has 2 unspecified atom stereocenters. The van der Waals surface area contributed by atoms with E-state index in [4.69, 9.17) is 18.5 Å². The molecule has 0 aliphatic heterocycles. The number of hydrogen-bond acceptors (Lipinski definition) is 7. The minimum atomic E-state index is -4.41. The summed E-state index contributed by atoms with van der Waals surface area (Å²) in [6, 6.07) is 0. The summed E-state index contributed by atoms with van der Waals surface area (Å²) in [5.41, 5.74) is 0. The first-order valence-corrected chi connectivity index (χ1v) is 33.1. The van der Waals surface area contributed by atoms with Crippen molar-refractivity contribution in [3.8, 4) is 0 Å². The number of likely N-dealkylation sites (N-methyl/N-ethyl adjacent to an activating group) is 1. The summed E-state index contributed by atoms with van der Waals surface area (Å²) in [5, 5.41) is 0. The predicted molar refractivity (Wildman–Crippen MR) is 343 cm³/mol. The maximum Gasteiger partial charge on any atom is 0.472 e. The van der Waals surface area contributed by atoms with Gasteiger partial charge in [0.05, 0.1) is 27.7 Å². The van der Waals surface area contributed by atoms with Gasteiger partial charge in [-0.1, -0.05) is 250 Å². The molecular weight excluding hydrogens is 1010 g/mol. The highest BCUT2D eigenvalue weighted by Gasteiger charge is 2.27. The van der Waals surface area contributed by atoms with Crippen molar-refractivity contribution in [2.75, 3.05) is 47.5 Å². The largest absolute Gasteiger partial charge is 0.472 e. The second-order valence-corrected chi connectivity index (χ2v) is 23.1. The average molecular weight is 1130 g/mol. The number of esters is 2. The number of rotatable bonds is 56. The van der Waals surface area contributed by atoms with Crippen LogP contribution >= 0.6 is 7.82 Å². The molecule has 0 aromatic rings. The lowest BCUT2D eigenvalue weighted by molar-refractivity contribution is -0.870. The van der Waals surface area contributed by atoms with Crippen LogP contribution in [0.2, 0.25) is 0 Å². The second-order valence-electron chi connectivity index (χ2n) is 21.7. The number of phosphoric ester groups is 1. The summed E-state index contributed by atoms with van der Waals surface area (Å²) >= 11 is 0. The fraction of sp³-hybridized carbons (Fsp3) is 0.629. The third kappa shape index (κ3) is 63.1. The monoisotopic (exact) mass is 1130 g/mol. The summed E-state index contributed by atoms with van der Waals surface area (Å²) in [6.45, 7) is 4.16. The van der Waals surface area contributed by atoms with E-state index >= 15 is 0 Å². The number of phosphoric acid groups is 1. The Morgan fingerprint density at radius 3 is 1.00 bits per heavy atom. The molecule has 0 aromatic carbocycles. The number of quaternary nitrogens is 1. The first-order chi connectivity index (χ1) is 39.0. The molecule has 0 heterocycles. The topological polar surface area (TPSA) is 108 Å². The Balaban J connectivity index is 4.17. The van der Waals surface area contributed by atoms with Gasteiger partial charge in [0.2, 0.25) is 0 Å². The van der Waals surface area contributed by atoms with E-state index in [1.54, 1.807) is 0 Å². The quantitative estimate of drug-likeness (QED) is 0.0211. The summed E-state index contributed by atoms with van der Waals surface area (Å²) in [4.78, 5) is 35.8. The van der Waals surface area contributed by atoms with Crippen LogP contribution in [0.15, 0.2) is 146 Å². The van der Waals surface area contributed by atoms with Gasteiger partial charge in [0.25, 0.3) is 0 Å². The van der Waals surface area contributed by atoms with Gasteiger partial charge in [0.15, 0.2) is 6.10 Å². The lowest BCUT2D eigenvalue weighted by atomic mass is 10.0. The third-order valence-electron chi connectivity index (χ3n) is 12.9. The molecule has 0 saturated heterocycles. The molecule has 0 bridgehead atoms. The van der Waals surface area contributed by atoms with Gasteiger partial charge in [-0.05, 0) is 116 Å². The summed E-state index contributed by atoms with van der Waals surface area (Å²) in [5.74, 6) is -0.835. The van der Waals surface area contributed by atoms with Gasteiger partial charge in [0, 0.05) is 12.8 Å². The lowest BCUT2D eigenvalue weighted by Crippen LogP contribution is -2.37. The maximum absolute atomic E-state index is 12.9. The number of carbonyl (C=O) groups excluding carboxylic acids is 2. The van der Waals surface area contributed by atoms with Crippen LogP contribution in [0, 0.1) is 0 Å². The van der Waals surface area contributed by atoms with Gasteiger partial charge >= 0.3 is 19.8 Å². The molecule has 9 nitrogen and oxygen atoms in total. The molecule has 0 aliphatic carbocycles. The van der Waals surface area contributed by atoms with Gasteiger partial charge in [-0.3, -0.25) is 18.6 Å². The molecule has 1 N–H and O–H groups in total. The summed E-state index contributed by atoms with van der Waals surface area (Å²) in [7, 11) is 1.44. The van der Waals surface area contributed by atoms with Crippen LogP contribution in [-0.4, -0.2) is 74.9 Å². The molecule has 0 aromatic heterocycles. The second kappa shape index (κ2) is 59.5. The van der Waals surface area contributed by atoms with E-state index in [2.05, 4.69) is 160 Å². The van der Waals surface area contributed by atoms with Gasteiger partial charge < -0.3 is 18.9 Å². The highest BCUT2D eigenvalue weighted by Crippen LogP contribution is 2.43. The van der Waals surface area contributed by atoms with Crippen molar-refractivity contribution in [1.82, 2.24) is 0 Å². The molecule has 0 fully saturated rings. The minimum absolute atomic E-state index is 0.0197. The SMILES string of the molecule is CC/C=C\C/C=C\C/C=C\C/C=C\C/C=C\C/C=C\CCCCCCCCCCCCCCCCC(=O)OC(COC(=O)CCCCCC/C=C\C/C=C\C/C=C\C/C=C\C/C=C\C/C=C\CC)COP(=O)(O)OCC[N+](C)(C)C. The Labute approximate surface area is 491 Å². The number of allylic oxidation sites excluding steroid dienone is 24. The van der Waals surface area contributed by atoms with Gasteiger partial charge in [0.1, 0.15) is 19.8 Å². The van der Waals surface area contributed by atoms with Crippen LogP contribution < -0.4 is 0 Å². The van der Waals surface area contributed by atoms with E-state index in [0.29, 0.717) is 23.9 Å². The Bertz CT molecular complexity index is 1860. The van der Waals surface area contributed by atoms with Crippen LogP contribution in [0.4, 0.5) is 0 Å². The summed E-state index contributed by atoms with van der Waals surface area (Å²) < 4.78 is 34.6. The highest BCUT2D eigenvalue weighted by atomic mass is 31.2. The molecular formula is C70H117NO8P+. The smallest absolute Gasteiger partial charge is 0.462 e. The van der Waals surface area contributed by atoms with E-state index in [0.717, 1.165) is 122 Å². The van der Waals surface area contributed by atoms with Crippen molar-refractivity contribution in [3.63, 3.8) is 0 Å². The van der Waals surface area contributed by atoms with E-state index in [1.807, 2.05) is 21.1 Å². The maximum atomic E-state index is 12.9. The van der Waals surface area contributed by atoms with Crippen LogP contribution in [0.25, 0.3) is 0 Å². The number of ether oxygens (including phenoxy) is 2. The molecule has 0 saturated carbocycles.